The van der Waals surface area contributed by atoms with Crippen LogP contribution in [0.25, 0.3) is 0 Å². The highest BCUT2D eigenvalue weighted by Gasteiger charge is 2.34. The molecule has 3 heterocycles. The van der Waals surface area contributed by atoms with Gasteiger partial charge in [0.15, 0.2) is 0 Å². The monoisotopic (exact) mass is 743 g/mol. The Hall–Kier alpha value is -5.40. The minimum Gasteiger partial charge on any atom is -0.497 e. The second-order valence-electron chi connectivity index (χ2n) is 14.9. The number of hydrogen-bond donors (Lipinski definition) is 4. The van der Waals surface area contributed by atoms with Crippen molar-refractivity contribution in [2.24, 2.45) is 18.9 Å². The first-order valence-electron chi connectivity index (χ1n) is 18.6. The lowest BCUT2D eigenvalue weighted by atomic mass is 10.0. The van der Waals surface area contributed by atoms with Crippen molar-refractivity contribution in [3.63, 3.8) is 0 Å². The topological polar surface area (TPSA) is 173 Å². The fourth-order valence-corrected chi connectivity index (χ4v) is 6.58. The molecule has 1 fully saturated rings. The normalized spacial score (nSPS) is 21.9. The van der Waals surface area contributed by atoms with Crippen LogP contribution < -0.4 is 30.7 Å². The first kappa shape index (κ1) is 39.8. The molecule has 290 valence electrons. The zero-order chi connectivity index (χ0) is 38.9. The quantitative estimate of drug-likeness (QED) is 0.242. The molecule has 54 heavy (non-hydrogen) atoms. The predicted octanol–water partition coefficient (Wildman–Crippen LogP) is 2.47. The molecule has 0 radical (unpaired) electrons. The number of aryl methyl sites for hydroxylation is 2. The van der Waals surface area contributed by atoms with E-state index in [1.165, 1.54) is 9.58 Å². The van der Waals surface area contributed by atoms with Crippen LogP contribution in [0.5, 0.6) is 11.5 Å². The van der Waals surface area contributed by atoms with Gasteiger partial charge >= 0.3 is 0 Å². The Morgan fingerprint density at radius 2 is 1.70 bits per heavy atom. The molecule has 2 aromatic carbocycles. The SMILES string of the molecule is COc1ccc(C[C@@H]2NC(=O)[C@@H](NC(=O)c3cn(C)nc3C)Cc3ccc(cc3)OC[C@H](CC(C)C)NC(=O)CN(CC3CC3)C(=O)[C@@H](C)NC2=O)cc1. The number of ether oxygens (including phenoxy) is 2. The Balaban J connectivity index is 1.48. The van der Waals surface area contributed by atoms with Crippen LogP contribution in [0.3, 0.4) is 0 Å². The lowest BCUT2D eigenvalue weighted by Gasteiger charge is -2.29. The van der Waals surface area contributed by atoms with Crippen LogP contribution in [0.1, 0.15) is 67.2 Å². The molecule has 5 amide bonds. The zero-order valence-electron chi connectivity index (χ0n) is 32.0. The first-order chi connectivity index (χ1) is 25.8. The molecule has 1 saturated carbocycles. The summed E-state index contributed by atoms with van der Waals surface area (Å²) in [4.78, 5) is 70.6. The molecule has 1 aliphatic carbocycles. The van der Waals surface area contributed by atoms with Gasteiger partial charge < -0.3 is 35.6 Å². The molecule has 6 rings (SSSR count). The lowest BCUT2D eigenvalue weighted by molar-refractivity contribution is -0.140. The van der Waals surface area contributed by atoms with E-state index in [1.54, 1.807) is 70.6 Å². The largest absolute Gasteiger partial charge is 0.497 e. The van der Waals surface area contributed by atoms with E-state index in [0.29, 0.717) is 35.7 Å². The number of fused-ring (bicyclic) bond motifs is 17. The van der Waals surface area contributed by atoms with Crippen molar-refractivity contribution in [3.05, 3.63) is 77.1 Å². The number of nitrogens with zero attached hydrogens (tertiary/aromatic N) is 3. The number of aromatic nitrogens is 2. The molecule has 14 heteroatoms. The van der Waals surface area contributed by atoms with Crippen molar-refractivity contribution in [2.75, 3.05) is 26.8 Å². The molecule has 3 aliphatic rings. The van der Waals surface area contributed by atoms with Crippen molar-refractivity contribution < 1.29 is 33.4 Å². The molecular weight excluding hydrogens is 690 g/mol. The summed E-state index contributed by atoms with van der Waals surface area (Å²) < 4.78 is 12.9. The number of amides is 5. The lowest BCUT2D eigenvalue weighted by Crippen LogP contribution is -2.58. The van der Waals surface area contributed by atoms with Gasteiger partial charge in [0.2, 0.25) is 23.6 Å². The second-order valence-corrected chi connectivity index (χ2v) is 14.9. The maximum atomic E-state index is 14.2. The van der Waals surface area contributed by atoms with E-state index in [0.717, 1.165) is 24.0 Å². The minimum atomic E-state index is -1.13. The Morgan fingerprint density at radius 1 is 1.00 bits per heavy atom. The third-order valence-corrected chi connectivity index (χ3v) is 9.60. The number of carbonyl (C=O) groups excluding carboxylic acids is 5. The zero-order valence-corrected chi connectivity index (χ0v) is 32.0. The van der Waals surface area contributed by atoms with Crippen LogP contribution in [0.4, 0.5) is 0 Å². The summed E-state index contributed by atoms with van der Waals surface area (Å²) in [5.41, 5.74) is 2.29. The minimum absolute atomic E-state index is 0.0856. The van der Waals surface area contributed by atoms with Gasteiger partial charge in [0.25, 0.3) is 5.91 Å². The summed E-state index contributed by atoms with van der Waals surface area (Å²) in [6.45, 7) is 7.86. The smallest absolute Gasteiger partial charge is 0.255 e. The van der Waals surface area contributed by atoms with Gasteiger partial charge in [0, 0.05) is 32.6 Å². The number of rotatable bonds is 9. The molecule has 0 saturated heterocycles. The van der Waals surface area contributed by atoms with Gasteiger partial charge in [-0.2, -0.15) is 5.10 Å². The molecular formula is C40H53N7O7. The van der Waals surface area contributed by atoms with Gasteiger partial charge in [-0.05, 0) is 80.3 Å². The van der Waals surface area contributed by atoms with E-state index < -0.39 is 41.8 Å². The van der Waals surface area contributed by atoms with E-state index in [2.05, 4.69) is 40.2 Å². The number of methoxy groups -OCH3 is 1. The maximum Gasteiger partial charge on any atom is 0.255 e. The van der Waals surface area contributed by atoms with Gasteiger partial charge in [-0.25, -0.2) is 0 Å². The molecule has 14 nitrogen and oxygen atoms in total. The van der Waals surface area contributed by atoms with Crippen molar-refractivity contribution >= 4 is 29.5 Å². The van der Waals surface area contributed by atoms with Gasteiger partial charge in [-0.3, -0.25) is 28.7 Å². The van der Waals surface area contributed by atoms with Crippen molar-refractivity contribution in [2.45, 2.75) is 84.0 Å². The summed E-state index contributed by atoms with van der Waals surface area (Å²) in [5, 5.41) is 15.9. The van der Waals surface area contributed by atoms with Gasteiger partial charge in [0.05, 0.1) is 31.0 Å². The van der Waals surface area contributed by atoms with Crippen LogP contribution in [-0.2, 0) is 39.1 Å². The highest BCUT2D eigenvalue weighted by Crippen LogP contribution is 2.30. The van der Waals surface area contributed by atoms with Gasteiger partial charge in [-0.15, -0.1) is 0 Å². The standard InChI is InChI=1S/C40H53N7O7/c1-24(2)17-30-23-54-32-15-11-28(12-16-32)19-35(43-37(49)33-21-46(5)45-25(33)3)39(51)44-34(18-27-9-13-31(53-6)14-10-27)38(50)41-26(4)40(52)47(20-29-7-8-29)22-36(48)42-30/h9-16,21,24,26,29-30,34-35H,7-8,17-20,22-23H2,1-6H3,(H,41,50)(H,42,48)(H,43,49)(H,44,51)/t26-,30+,34+,35+/m1/s1. The predicted molar refractivity (Wildman–Crippen MR) is 202 cm³/mol. The third-order valence-electron chi connectivity index (χ3n) is 9.60. The average Bonchev–Trinajstić information content (AvgIpc) is 3.89. The molecule has 3 aromatic rings. The van der Waals surface area contributed by atoms with E-state index in [4.69, 9.17) is 9.47 Å². The van der Waals surface area contributed by atoms with Crippen LogP contribution >= 0.6 is 0 Å². The Bertz CT molecular complexity index is 1790. The first-order valence-corrected chi connectivity index (χ1v) is 18.6. The van der Waals surface area contributed by atoms with Gasteiger partial charge in [-0.1, -0.05) is 38.1 Å². The summed E-state index contributed by atoms with van der Waals surface area (Å²) in [6, 6.07) is 10.8. The molecule has 4 N–H and O–H groups in total. The molecule has 2 bridgehead atoms. The van der Waals surface area contributed by atoms with Crippen molar-refractivity contribution in [3.8, 4) is 11.5 Å². The van der Waals surface area contributed by atoms with Crippen LogP contribution in [0.2, 0.25) is 0 Å². The van der Waals surface area contributed by atoms with Gasteiger partial charge in [0.1, 0.15) is 36.2 Å². The molecule has 0 spiro atoms. The van der Waals surface area contributed by atoms with Crippen molar-refractivity contribution in [1.82, 2.24) is 35.9 Å². The molecule has 0 unspecified atom stereocenters. The summed E-state index contributed by atoms with van der Waals surface area (Å²) >= 11 is 0. The molecule has 2 aliphatic heterocycles. The molecule has 4 atom stereocenters. The number of nitrogens with one attached hydrogen (secondary N) is 4. The second kappa shape index (κ2) is 18.1. The number of hydrogen-bond acceptors (Lipinski definition) is 8. The summed E-state index contributed by atoms with van der Waals surface area (Å²) in [6.07, 6.45) is 4.36. The van der Waals surface area contributed by atoms with E-state index in [-0.39, 0.29) is 49.8 Å². The molecule has 1 aromatic heterocycles. The third kappa shape index (κ3) is 11.3. The van der Waals surface area contributed by atoms with Crippen molar-refractivity contribution in [1.29, 1.82) is 0 Å². The summed E-state index contributed by atoms with van der Waals surface area (Å²) in [5.74, 6) is -0.607. The average molecular weight is 744 g/mol. The fraction of sp³-hybridized carbons (Fsp3) is 0.500. The van der Waals surface area contributed by atoms with Crippen LogP contribution in [0, 0.1) is 18.8 Å². The highest BCUT2D eigenvalue weighted by molar-refractivity contribution is 5.99. The van der Waals surface area contributed by atoms with E-state index in [1.807, 2.05) is 12.1 Å². The van der Waals surface area contributed by atoms with Crippen LogP contribution in [-0.4, -0.2) is 95.2 Å². The fourth-order valence-electron chi connectivity index (χ4n) is 6.58. The number of benzene rings is 2. The highest BCUT2D eigenvalue weighted by atomic mass is 16.5. The Labute approximate surface area is 316 Å². The van der Waals surface area contributed by atoms with Crippen LogP contribution in [0.15, 0.2) is 54.7 Å². The maximum absolute atomic E-state index is 14.2. The Kier molecular flexibility index (Phi) is 13.3. The summed E-state index contributed by atoms with van der Waals surface area (Å²) in [7, 11) is 3.26. The Morgan fingerprint density at radius 3 is 2.31 bits per heavy atom. The van der Waals surface area contributed by atoms with E-state index >= 15 is 0 Å². The number of carbonyl (C=O) groups is 5. The van der Waals surface area contributed by atoms with E-state index in [9.17, 15) is 24.0 Å².